The van der Waals surface area contributed by atoms with Gasteiger partial charge in [-0.3, -0.25) is 4.57 Å². The van der Waals surface area contributed by atoms with E-state index in [0.29, 0.717) is 5.56 Å². The van der Waals surface area contributed by atoms with Crippen molar-refractivity contribution in [1.82, 2.24) is 0 Å². The summed E-state index contributed by atoms with van der Waals surface area (Å²) in [5, 5.41) is 0. The molecule has 6 nitrogen and oxygen atoms in total. The zero-order chi connectivity index (χ0) is 27.8. The molecule has 4 aromatic carbocycles. The van der Waals surface area contributed by atoms with Crippen molar-refractivity contribution in [1.29, 1.82) is 0 Å². The van der Waals surface area contributed by atoms with Crippen molar-refractivity contribution in [2.24, 2.45) is 0 Å². The number of benzene rings is 4. The predicted molar refractivity (Wildman–Crippen MR) is 154 cm³/mol. The molecule has 0 spiro atoms. The second kappa shape index (κ2) is 13.2. The van der Waals surface area contributed by atoms with Crippen molar-refractivity contribution in [2.45, 2.75) is 50.5 Å². The lowest BCUT2D eigenvalue weighted by Gasteiger charge is -2.26. The Morgan fingerprint density at radius 3 is 1.60 bits per heavy atom. The van der Waals surface area contributed by atoms with Crippen LogP contribution < -0.4 is 0 Å². The molecule has 5 rings (SSSR count). The van der Waals surface area contributed by atoms with Crippen molar-refractivity contribution in [3.05, 3.63) is 144 Å². The number of ether oxygens (including phenoxy) is 3. The molecule has 1 aliphatic heterocycles. The first kappa shape index (κ1) is 28.0. The van der Waals surface area contributed by atoms with Crippen LogP contribution in [0.25, 0.3) is 0 Å². The number of rotatable bonds is 11. The lowest BCUT2D eigenvalue weighted by Crippen LogP contribution is -2.39. The Bertz CT molecular complexity index is 1400. The van der Waals surface area contributed by atoms with Crippen LogP contribution in [-0.2, 0) is 43.1 Å². The van der Waals surface area contributed by atoms with Gasteiger partial charge in [0.05, 0.1) is 31.0 Å². The third-order valence-corrected chi connectivity index (χ3v) is 10.2. The van der Waals surface area contributed by atoms with Crippen LogP contribution in [0.3, 0.4) is 0 Å². The molecule has 5 atom stereocenters. The summed E-state index contributed by atoms with van der Waals surface area (Å²) >= 11 is 0. The number of hydrogen-bond donors (Lipinski definition) is 0. The molecule has 0 aliphatic carbocycles. The largest absolute Gasteiger partial charge is 0.455 e. The predicted octanol–water partition coefficient (Wildman–Crippen LogP) is 7.24. The van der Waals surface area contributed by atoms with Crippen LogP contribution in [0.4, 0.5) is 0 Å². The van der Waals surface area contributed by atoms with Crippen LogP contribution in [-0.4, -0.2) is 29.7 Å². The van der Waals surface area contributed by atoms with E-state index in [2.05, 4.69) is 0 Å². The van der Waals surface area contributed by atoms with E-state index in [1.54, 1.807) is 31.2 Å². The van der Waals surface area contributed by atoms with Crippen LogP contribution in [0.2, 0.25) is 0 Å². The van der Waals surface area contributed by atoms with Crippen LogP contribution in [0, 0.1) is 0 Å². The van der Waals surface area contributed by atoms with Gasteiger partial charge in [-0.15, -0.1) is 0 Å². The van der Waals surface area contributed by atoms with Gasteiger partial charge in [0.15, 0.2) is 5.85 Å². The SMILES string of the molecule is CC1C(OC(=O)c2ccccc2)C(OCc2ccccc2)C(OCc2ccccc2)P1(=O)OCc1ccccc1. The van der Waals surface area contributed by atoms with Gasteiger partial charge < -0.3 is 18.7 Å². The first-order valence-electron chi connectivity index (χ1n) is 13.4. The molecule has 0 saturated carbocycles. The van der Waals surface area contributed by atoms with Crippen LogP contribution in [0.1, 0.15) is 34.0 Å². The minimum atomic E-state index is -3.58. The van der Waals surface area contributed by atoms with Gasteiger partial charge in [-0.05, 0) is 35.7 Å². The minimum absolute atomic E-state index is 0.137. The van der Waals surface area contributed by atoms with E-state index in [9.17, 15) is 9.36 Å². The van der Waals surface area contributed by atoms with E-state index >= 15 is 0 Å². The van der Waals surface area contributed by atoms with E-state index in [-0.39, 0.29) is 19.8 Å². The Balaban J connectivity index is 1.46. The van der Waals surface area contributed by atoms with E-state index < -0.39 is 37.1 Å². The maximum absolute atomic E-state index is 14.8. The zero-order valence-electron chi connectivity index (χ0n) is 22.4. The summed E-state index contributed by atoms with van der Waals surface area (Å²) in [6, 6.07) is 37.7. The molecule has 0 amide bonds. The van der Waals surface area contributed by atoms with Crippen molar-refractivity contribution in [3.63, 3.8) is 0 Å². The molecule has 0 N–H and O–H groups in total. The monoisotopic (exact) mass is 556 g/mol. The Labute approximate surface area is 235 Å². The minimum Gasteiger partial charge on any atom is -0.455 e. The van der Waals surface area contributed by atoms with Gasteiger partial charge in [-0.2, -0.15) is 0 Å². The lowest BCUT2D eigenvalue weighted by atomic mass is 10.1. The smallest absolute Gasteiger partial charge is 0.338 e. The summed E-state index contributed by atoms with van der Waals surface area (Å²) < 4.78 is 39.9. The third-order valence-electron chi connectivity index (χ3n) is 7.08. The molecule has 1 fully saturated rings. The van der Waals surface area contributed by atoms with Crippen LogP contribution in [0.5, 0.6) is 0 Å². The van der Waals surface area contributed by atoms with Crippen LogP contribution in [0.15, 0.2) is 121 Å². The summed E-state index contributed by atoms with van der Waals surface area (Å²) in [7, 11) is -3.58. The fourth-order valence-corrected chi connectivity index (χ4v) is 7.63. The second-order valence-electron chi connectivity index (χ2n) is 9.83. The molecule has 0 bridgehead atoms. The molecule has 0 radical (unpaired) electrons. The highest BCUT2D eigenvalue weighted by Gasteiger charge is 2.61. The molecule has 1 saturated heterocycles. The van der Waals surface area contributed by atoms with E-state index in [1.165, 1.54) is 0 Å². The Kier molecular flexibility index (Phi) is 9.25. The maximum atomic E-state index is 14.8. The summed E-state index contributed by atoms with van der Waals surface area (Å²) in [5.74, 6) is -1.45. The molecular weight excluding hydrogens is 523 g/mol. The summed E-state index contributed by atoms with van der Waals surface area (Å²) in [6.07, 6.45) is -1.66. The third kappa shape index (κ3) is 6.60. The van der Waals surface area contributed by atoms with E-state index in [4.69, 9.17) is 18.7 Å². The quantitative estimate of drug-likeness (QED) is 0.143. The van der Waals surface area contributed by atoms with Gasteiger partial charge in [0.1, 0.15) is 12.2 Å². The molecular formula is C33H33O6P. The fourth-order valence-electron chi connectivity index (χ4n) is 4.85. The average Bonchev–Trinajstić information content (AvgIpc) is 3.20. The molecule has 5 unspecified atom stereocenters. The van der Waals surface area contributed by atoms with Gasteiger partial charge in [0.25, 0.3) is 0 Å². The molecule has 7 heteroatoms. The van der Waals surface area contributed by atoms with Crippen molar-refractivity contribution in [2.75, 3.05) is 0 Å². The first-order valence-corrected chi connectivity index (χ1v) is 15.2. The fraction of sp³-hybridized carbons (Fsp3) is 0.242. The highest BCUT2D eigenvalue weighted by molar-refractivity contribution is 7.60. The molecule has 1 heterocycles. The maximum Gasteiger partial charge on any atom is 0.338 e. The molecule has 1 aliphatic rings. The molecule has 0 aromatic heterocycles. The standard InChI is InChI=1S/C33H33O6P/c1-25-30(39-32(34)29-20-12-5-13-21-29)31(36-22-26-14-6-2-7-15-26)33(37-23-27-16-8-3-9-17-27)40(25,35)38-24-28-18-10-4-11-19-28/h2-21,25,30-31,33H,22-24H2,1H3. The van der Waals surface area contributed by atoms with Crippen molar-refractivity contribution in [3.8, 4) is 0 Å². The summed E-state index contributed by atoms with van der Waals surface area (Å²) in [4.78, 5) is 13.2. The highest BCUT2D eigenvalue weighted by atomic mass is 31.2. The number of hydrogen-bond acceptors (Lipinski definition) is 6. The number of carbonyl (C=O) groups excluding carboxylic acids is 1. The number of carbonyl (C=O) groups is 1. The van der Waals surface area contributed by atoms with Gasteiger partial charge in [-0.25, -0.2) is 4.79 Å². The molecule has 206 valence electrons. The summed E-state index contributed by atoms with van der Waals surface area (Å²) in [6.45, 7) is 2.38. The van der Waals surface area contributed by atoms with Gasteiger partial charge >= 0.3 is 5.97 Å². The highest BCUT2D eigenvalue weighted by Crippen LogP contribution is 2.66. The lowest BCUT2D eigenvalue weighted by molar-refractivity contribution is -0.0983. The van der Waals surface area contributed by atoms with Gasteiger partial charge in [0, 0.05) is 0 Å². The van der Waals surface area contributed by atoms with E-state index in [0.717, 1.165) is 16.7 Å². The van der Waals surface area contributed by atoms with Crippen molar-refractivity contribution < 1.29 is 28.1 Å². The Morgan fingerprint density at radius 1 is 0.625 bits per heavy atom. The van der Waals surface area contributed by atoms with Crippen LogP contribution >= 0.6 is 7.37 Å². The normalized spacial score (nSPS) is 24.0. The van der Waals surface area contributed by atoms with E-state index in [1.807, 2.05) is 97.1 Å². The molecule has 4 aromatic rings. The zero-order valence-corrected chi connectivity index (χ0v) is 23.3. The molecule has 40 heavy (non-hydrogen) atoms. The van der Waals surface area contributed by atoms with Crippen molar-refractivity contribution >= 4 is 13.3 Å². The Morgan fingerprint density at radius 2 is 1.07 bits per heavy atom. The average molecular weight is 557 g/mol. The first-order chi connectivity index (χ1) is 19.5. The summed E-state index contributed by atoms with van der Waals surface area (Å²) in [5.41, 5.74) is 2.50. The van der Waals surface area contributed by atoms with Gasteiger partial charge in [0.2, 0.25) is 7.37 Å². The van der Waals surface area contributed by atoms with Gasteiger partial charge in [-0.1, -0.05) is 109 Å². The number of esters is 1. The second-order valence-corrected chi connectivity index (χ2v) is 12.7. The Hall–Kier alpha value is -3.54. The topological polar surface area (TPSA) is 71.1 Å².